The molecule has 0 unspecified atom stereocenters. The van der Waals surface area contributed by atoms with Crippen LogP contribution in [0.15, 0.2) is 28.7 Å². The zero-order chi connectivity index (χ0) is 9.10. The van der Waals surface area contributed by atoms with Crippen molar-refractivity contribution in [2.24, 2.45) is 5.92 Å². The predicted molar refractivity (Wildman–Crippen MR) is 56.0 cm³/mol. The van der Waals surface area contributed by atoms with Crippen molar-refractivity contribution in [2.45, 2.75) is 0 Å². The first-order valence-corrected chi connectivity index (χ1v) is 5.23. The zero-order valence-electron chi connectivity index (χ0n) is 7.29. The number of benzene rings is 1. The molecular weight excluding hydrogens is 230 g/mol. The molecule has 1 N–H and O–H groups in total. The fourth-order valence-corrected chi connectivity index (χ4v) is 1.63. The van der Waals surface area contributed by atoms with Gasteiger partial charge in [-0.05, 0) is 28.1 Å². The van der Waals surface area contributed by atoms with E-state index in [2.05, 4.69) is 21.2 Å². The number of nitrogens with one attached hydrogen (secondary N) is 1. The van der Waals surface area contributed by atoms with E-state index < -0.39 is 0 Å². The molecule has 0 spiro atoms. The molecule has 2 nitrogen and oxygen atoms in total. The van der Waals surface area contributed by atoms with Crippen molar-refractivity contribution in [1.82, 2.24) is 5.32 Å². The Labute approximate surface area is 86.4 Å². The Morgan fingerprint density at radius 3 is 2.77 bits per heavy atom. The number of ether oxygens (including phenoxy) is 1. The molecule has 70 valence electrons. The summed E-state index contributed by atoms with van der Waals surface area (Å²) in [6.07, 6.45) is 0. The fourth-order valence-electron chi connectivity index (χ4n) is 1.24. The summed E-state index contributed by atoms with van der Waals surface area (Å²) in [4.78, 5) is 0. The van der Waals surface area contributed by atoms with Crippen molar-refractivity contribution in [3.63, 3.8) is 0 Å². The molecule has 1 aliphatic rings. The van der Waals surface area contributed by atoms with Crippen LogP contribution < -0.4 is 10.1 Å². The Balaban J connectivity index is 1.89. The number of hydrogen-bond donors (Lipinski definition) is 1. The van der Waals surface area contributed by atoms with Gasteiger partial charge in [0, 0.05) is 19.0 Å². The number of para-hydroxylation sites is 1. The van der Waals surface area contributed by atoms with Gasteiger partial charge in [-0.25, -0.2) is 0 Å². The van der Waals surface area contributed by atoms with Crippen molar-refractivity contribution in [1.29, 1.82) is 0 Å². The highest BCUT2D eigenvalue weighted by Crippen LogP contribution is 2.24. The highest BCUT2D eigenvalue weighted by molar-refractivity contribution is 9.10. The summed E-state index contributed by atoms with van der Waals surface area (Å²) in [5.74, 6) is 1.63. The standard InChI is InChI=1S/C10H12BrNO/c11-9-3-1-2-4-10(9)13-7-8-5-12-6-8/h1-4,8,12H,5-7H2. The summed E-state index contributed by atoms with van der Waals surface area (Å²) in [7, 11) is 0. The Hall–Kier alpha value is -0.540. The largest absolute Gasteiger partial charge is 0.492 e. The summed E-state index contributed by atoms with van der Waals surface area (Å²) < 4.78 is 6.68. The van der Waals surface area contributed by atoms with Gasteiger partial charge < -0.3 is 10.1 Å². The highest BCUT2D eigenvalue weighted by atomic mass is 79.9. The third kappa shape index (κ3) is 2.23. The van der Waals surface area contributed by atoms with Gasteiger partial charge in [-0.1, -0.05) is 12.1 Å². The molecule has 0 saturated carbocycles. The maximum absolute atomic E-state index is 5.65. The lowest BCUT2D eigenvalue weighted by Crippen LogP contribution is -2.45. The lowest BCUT2D eigenvalue weighted by molar-refractivity contribution is 0.198. The van der Waals surface area contributed by atoms with E-state index in [-0.39, 0.29) is 0 Å². The van der Waals surface area contributed by atoms with Gasteiger partial charge in [0.25, 0.3) is 0 Å². The molecule has 0 bridgehead atoms. The maximum Gasteiger partial charge on any atom is 0.133 e. The van der Waals surface area contributed by atoms with Crippen molar-refractivity contribution < 1.29 is 4.74 Å². The van der Waals surface area contributed by atoms with Crippen LogP contribution in [0.4, 0.5) is 0 Å². The molecule has 3 heteroatoms. The van der Waals surface area contributed by atoms with E-state index in [9.17, 15) is 0 Å². The van der Waals surface area contributed by atoms with E-state index in [0.29, 0.717) is 5.92 Å². The molecule has 0 aromatic heterocycles. The molecule has 0 radical (unpaired) electrons. The number of halogens is 1. The first-order chi connectivity index (χ1) is 6.36. The lowest BCUT2D eigenvalue weighted by atomic mass is 10.1. The van der Waals surface area contributed by atoms with Crippen LogP contribution in [-0.2, 0) is 0 Å². The monoisotopic (exact) mass is 241 g/mol. The highest BCUT2D eigenvalue weighted by Gasteiger charge is 2.17. The predicted octanol–water partition coefficient (Wildman–Crippen LogP) is 2.05. The SMILES string of the molecule is Brc1ccccc1OCC1CNC1. The van der Waals surface area contributed by atoms with Gasteiger partial charge in [0.1, 0.15) is 5.75 Å². The summed E-state index contributed by atoms with van der Waals surface area (Å²) in [6.45, 7) is 2.99. The number of hydrogen-bond acceptors (Lipinski definition) is 2. The molecule has 1 aromatic rings. The van der Waals surface area contributed by atoms with Crippen molar-refractivity contribution in [2.75, 3.05) is 19.7 Å². The van der Waals surface area contributed by atoms with Crippen molar-refractivity contribution in [3.05, 3.63) is 28.7 Å². The van der Waals surface area contributed by atoms with Gasteiger partial charge >= 0.3 is 0 Å². The lowest BCUT2D eigenvalue weighted by Gasteiger charge is -2.26. The summed E-state index contributed by atoms with van der Waals surface area (Å²) in [5.41, 5.74) is 0. The maximum atomic E-state index is 5.65. The van der Waals surface area contributed by atoms with E-state index in [1.54, 1.807) is 0 Å². The molecule has 13 heavy (non-hydrogen) atoms. The van der Waals surface area contributed by atoms with Crippen molar-refractivity contribution in [3.8, 4) is 5.75 Å². The Morgan fingerprint density at radius 2 is 2.15 bits per heavy atom. The molecule has 1 saturated heterocycles. The minimum Gasteiger partial charge on any atom is -0.492 e. The first kappa shape index (κ1) is 9.03. The van der Waals surface area contributed by atoms with Gasteiger partial charge in [-0.3, -0.25) is 0 Å². The van der Waals surface area contributed by atoms with Crippen LogP contribution >= 0.6 is 15.9 Å². The summed E-state index contributed by atoms with van der Waals surface area (Å²) >= 11 is 3.45. The summed E-state index contributed by atoms with van der Waals surface area (Å²) in [6, 6.07) is 7.95. The molecule has 2 rings (SSSR count). The van der Waals surface area contributed by atoms with Gasteiger partial charge in [-0.15, -0.1) is 0 Å². The van der Waals surface area contributed by atoms with Crippen LogP contribution in [0, 0.1) is 5.92 Å². The Morgan fingerprint density at radius 1 is 1.38 bits per heavy atom. The Bertz CT molecular complexity index is 286. The molecule has 1 heterocycles. The average molecular weight is 242 g/mol. The van der Waals surface area contributed by atoms with E-state index in [1.165, 1.54) is 0 Å². The van der Waals surface area contributed by atoms with Crippen LogP contribution in [0.25, 0.3) is 0 Å². The smallest absolute Gasteiger partial charge is 0.133 e. The molecule has 0 amide bonds. The van der Waals surface area contributed by atoms with Gasteiger partial charge in [0.15, 0.2) is 0 Å². The minimum absolute atomic E-state index is 0.687. The van der Waals surface area contributed by atoms with Crippen LogP contribution in [0.3, 0.4) is 0 Å². The average Bonchev–Trinajstić information content (AvgIpc) is 2.05. The molecule has 1 fully saturated rings. The van der Waals surface area contributed by atoms with Crippen molar-refractivity contribution >= 4 is 15.9 Å². The first-order valence-electron chi connectivity index (χ1n) is 4.44. The van der Waals surface area contributed by atoms with Crippen LogP contribution in [0.2, 0.25) is 0 Å². The van der Waals surface area contributed by atoms with E-state index in [4.69, 9.17) is 4.74 Å². The molecule has 0 atom stereocenters. The van der Waals surface area contributed by atoms with E-state index in [1.807, 2.05) is 24.3 Å². The van der Waals surface area contributed by atoms with Gasteiger partial charge in [0.2, 0.25) is 0 Å². The quantitative estimate of drug-likeness (QED) is 0.875. The molecule has 0 aliphatic carbocycles. The summed E-state index contributed by atoms with van der Waals surface area (Å²) in [5, 5.41) is 3.22. The third-order valence-corrected chi connectivity index (χ3v) is 2.83. The van der Waals surface area contributed by atoms with Crippen LogP contribution in [0.1, 0.15) is 0 Å². The molecule has 1 aliphatic heterocycles. The molecular formula is C10H12BrNO. The topological polar surface area (TPSA) is 21.3 Å². The third-order valence-electron chi connectivity index (χ3n) is 2.18. The van der Waals surface area contributed by atoms with Gasteiger partial charge in [0.05, 0.1) is 11.1 Å². The fraction of sp³-hybridized carbons (Fsp3) is 0.400. The molecule has 1 aromatic carbocycles. The van der Waals surface area contributed by atoms with E-state index >= 15 is 0 Å². The van der Waals surface area contributed by atoms with Crippen LogP contribution in [-0.4, -0.2) is 19.7 Å². The second-order valence-electron chi connectivity index (χ2n) is 3.27. The second kappa shape index (κ2) is 4.11. The normalized spacial score (nSPS) is 16.7. The minimum atomic E-state index is 0.687. The number of rotatable bonds is 3. The van der Waals surface area contributed by atoms with Crippen LogP contribution in [0.5, 0.6) is 5.75 Å². The van der Waals surface area contributed by atoms with E-state index in [0.717, 1.165) is 29.9 Å². The second-order valence-corrected chi connectivity index (χ2v) is 4.12. The zero-order valence-corrected chi connectivity index (χ0v) is 8.88. The Kier molecular flexibility index (Phi) is 2.86. The van der Waals surface area contributed by atoms with Gasteiger partial charge in [-0.2, -0.15) is 0 Å².